The Morgan fingerprint density at radius 1 is 1.50 bits per heavy atom. The van der Waals surface area contributed by atoms with Gasteiger partial charge in [0.2, 0.25) is 0 Å². The molecule has 18 heavy (non-hydrogen) atoms. The Morgan fingerprint density at radius 3 is 2.72 bits per heavy atom. The van der Waals surface area contributed by atoms with Crippen molar-refractivity contribution in [3.63, 3.8) is 0 Å². The maximum absolute atomic E-state index is 10.9. The third kappa shape index (κ3) is 2.61. The number of anilines is 1. The minimum absolute atomic E-state index is 0.233. The second-order valence-electron chi connectivity index (χ2n) is 4.62. The molecule has 1 N–H and O–H groups in total. The van der Waals surface area contributed by atoms with E-state index in [0.717, 1.165) is 37.4 Å². The zero-order valence-corrected chi connectivity index (χ0v) is 10.7. The average molecular weight is 250 g/mol. The molecule has 5 nitrogen and oxygen atoms in total. The molecule has 0 atom stereocenters. The third-order valence-electron chi connectivity index (χ3n) is 3.37. The molecule has 0 amide bonds. The lowest BCUT2D eigenvalue weighted by Gasteiger charge is -2.32. The molecule has 0 radical (unpaired) electrons. The van der Waals surface area contributed by atoms with E-state index < -0.39 is 5.97 Å². The van der Waals surface area contributed by atoms with Crippen molar-refractivity contribution in [3.05, 3.63) is 23.4 Å². The molecule has 1 aromatic rings. The van der Waals surface area contributed by atoms with Crippen molar-refractivity contribution in [2.24, 2.45) is 0 Å². The van der Waals surface area contributed by atoms with Gasteiger partial charge in [-0.25, -0.2) is 9.78 Å². The summed E-state index contributed by atoms with van der Waals surface area (Å²) in [4.78, 5) is 17.3. The van der Waals surface area contributed by atoms with Gasteiger partial charge in [0.25, 0.3) is 0 Å². The predicted molar refractivity (Wildman–Crippen MR) is 68.2 cm³/mol. The molecule has 0 aromatic carbocycles. The molecule has 0 aliphatic carbocycles. The Hall–Kier alpha value is -1.62. The number of hydrogen-bond acceptors (Lipinski definition) is 4. The summed E-state index contributed by atoms with van der Waals surface area (Å²) in [7, 11) is 2.01. The SMILES string of the molecule is Cc1cc(C(=O)O)cnc1N(C)C1CCOCC1. The number of aromatic carboxylic acids is 1. The first-order valence-corrected chi connectivity index (χ1v) is 6.10. The highest BCUT2D eigenvalue weighted by Gasteiger charge is 2.21. The Balaban J connectivity index is 2.19. The zero-order valence-electron chi connectivity index (χ0n) is 10.7. The van der Waals surface area contributed by atoms with Crippen LogP contribution in [0.25, 0.3) is 0 Å². The molecule has 1 saturated heterocycles. The van der Waals surface area contributed by atoms with Crippen LogP contribution in [0.2, 0.25) is 0 Å². The minimum atomic E-state index is -0.939. The first-order valence-electron chi connectivity index (χ1n) is 6.10. The molecule has 1 aliphatic rings. The van der Waals surface area contributed by atoms with Gasteiger partial charge in [-0.1, -0.05) is 0 Å². The maximum atomic E-state index is 10.9. The van der Waals surface area contributed by atoms with E-state index in [2.05, 4.69) is 9.88 Å². The van der Waals surface area contributed by atoms with E-state index in [1.54, 1.807) is 6.07 Å². The molecule has 0 unspecified atom stereocenters. The van der Waals surface area contributed by atoms with Gasteiger partial charge in [-0.2, -0.15) is 0 Å². The molecule has 1 aliphatic heterocycles. The number of aromatic nitrogens is 1. The summed E-state index contributed by atoms with van der Waals surface area (Å²) in [6.07, 6.45) is 3.39. The second kappa shape index (κ2) is 5.35. The normalized spacial score (nSPS) is 16.6. The molecular formula is C13H18N2O3. The molecule has 1 aromatic heterocycles. The average Bonchev–Trinajstić information content (AvgIpc) is 2.38. The summed E-state index contributed by atoms with van der Waals surface area (Å²) in [5.41, 5.74) is 1.13. The number of nitrogens with zero attached hydrogens (tertiary/aromatic N) is 2. The Morgan fingerprint density at radius 2 is 2.17 bits per heavy atom. The molecule has 98 valence electrons. The first-order chi connectivity index (χ1) is 8.59. The van der Waals surface area contributed by atoms with E-state index in [4.69, 9.17) is 9.84 Å². The van der Waals surface area contributed by atoms with Crippen molar-refractivity contribution in [1.82, 2.24) is 4.98 Å². The van der Waals surface area contributed by atoms with Crippen LogP contribution in [0.1, 0.15) is 28.8 Å². The number of hydrogen-bond donors (Lipinski definition) is 1. The Labute approximate surface area is 106 Å². The maximum Gasteiger partial charge on any atom is 0.337 e. The van der Waals surface area contributed by atoms with Gasteiger partial charge in [-0.3, -0.25) is 0 Å². The van der Waals surface area contributed by atoms with E-state index in [1.807, 2.05) is 14.0 Å². The van der Waals surface area contributed by atoms with Crippen LogP contribution in [0.5, 0.6) is 0 Å². The smallest absolute Gasteiger partial charge is 0.337 e. The number of pyridine rings is 1. The van der Waals surface area contributed by atoms with Crippen LogP contribution in [0, 0.1) is 6.92 Å². The van der Waals surface area contributed by atoms with Gasteiger partial charge >= 0.3 is 5.97 Å². The Kier molecular flexibility index (Phi) is 3.81. The fourth-order valence-electron chi connectivity index (χ4n) is 2.30. The predicted octanol–water partition coefficient (Wildman–Crippen LogP) is 1.70. The van der Waals surface area contributed by atoms with Crippen LogP contribution in [0.3, 0.4) is 0 Å². The number of rotatable bonds is 3. The number of carbonyl (C=O) groups is 1. The molecule has 0 spiro atoms. The largest absolute Gasteiger partial charge is 0.478 e. The van der Waals surface area contributed by atoms with Crippen LogP contribution in [-0.4, -0.2) is 42.4 Å². The number of aryl methyl sites for hydroxylation is 1. The number of carboxylic acid groups (broad SMARTS) is 1. The summed E-state index contributed by atoms with van der Waals surface area (Å²) < 4.78 is 5.34. The van der Waals surface area contributed by atoms with E-state index >= 15 is 0 Å². The third-order valence-corrected chi connectivity index (χ3v) is 3.37. The van der Waals surface area contributed by atoms with Gasteiger partial charge in [-0.15, -0.1) is 0 Å². The lowest BCUT2D eigenvalue weighted by molar-refractivity contribution is 0.0696. The summed E-state index contributed by atoms with van der Waals surface area (Å²) >= 11 is 0. The van der Waals surface area contributed by atoms with Crippen molar-refractivity contribution in [2.45, 2.75) is 25.8 Å². The number of ether oxygens (including phenoxy) is 1. The van der Waals surface area contributed by atoms with E-state index in [9.17, 15) is 4.79 Å². The van der Waals surface area contributed by atoms with Crippen molar-refractivity contribution >= 4 is 11.8 Å². The summed E-state index contributed by atoms with van der Waals surface area (Å²) in [5.74, 6) is -0.0854. The van der Waals surface area contributed by atoms with Gasteiger partial charge in [0, 0.05) is 32.5 Å². The van der Waals surface area contributed by atoms with E-state index in [0.29, 0.717) is 6.04 Å². The lowest BCUT2D eigenvalue weighted by Crippen LogP contribution is -2.37. The standard InChI is InChI=1S/C13H18N2O3/c1-9-7-10(13(16)17)8-14-12(9)15(2)11-3-5-18-6-4-11/h7-8,11H,3-6H2,1-2H3,(H,16,17). The number of carboxylic acids is 1. The summed E-state index contributed by atoms with van der Waals surface area (Å²) in [6, 6.07) is 2.08. The van der Waals surface area contributed by atoms with E-state index in [-0.39, 0.29) is 5.56 Å². The highest BCUT2D eigenvalue weighted by Crippen LogP contribution is 2.23. The Bertz CT molecular complexity index is 442. The van der Waals surface area contributed by atoms with Crippen molar-refractivity contribution in [2.75, 3.05) is 25.2 Å². The summed E-state index contributed by atoms with van der Waals surface area (Å²) in [5, 5.41) is 8.92. The van der Waals surface area contributed by atoms with Crippen LogP contribution < -0.4 is 4.90 Å². The molecular weight excluding hydrogens is 232 g/mol. The van der Waals surface area contributed by atoms with E-state index in [1.165, 1.54) is 6.20 Å². The summed E-state index contributed by atoms with van der Waals surface area (Å²) in [6.45, 7) is 3.45. The highest BCUT2D eigenvalue weighted by molar-refractivity contribution is 5.87. The van der Waals surface area contributed by atoms with Gasteiger partial charge in [0.15, 0.2) is 0 Å². The van der Waals surface area contributed by atoms with Crippen molar-refractivity contribution in [3.8, 4) is 0 Å². The van der Waals surface area contributed by atoms with Crippen LogP contribution in [-0.2, 0) is 4.74 Å². The molecule has 0 saturated carbocycles. The fraction of sp³-hybridized carbons (Fsp3) is 0.538. The van der Waals surface area contributed by atoms with Gasteiger partial charge in [-0.05, 0) is 31.4 Å². The second-order valence-corrected chi connectivity index (χ2v) is 4.62. The molecule has 0 bridgehead atoms. The molecule has 5 heteroatoms. The topological polar surface area (TPSA) is 62.7 Å². The first kappa shape index (κ1) is 12.8. The van der Waals surface area contributed by atoms with Crippen molar-refractivity contribution < 1.29 is 14.6 Å². The quantitative estimate of drug-likeness (QED) is 0.884. The van der Waals surface area contributed by atoms with Gasteiger partial charge < -0.3 is 14.7 Å². The highest BCUT2D eigenvalue weighted by atomic mass is 16.5. The molecule has 2 heterocycles. The van der Waals surface area contributed by atoms with Crippen molar-refractivity contribution in [1.29, 1.82) is 0 Å². The van der Waals surface area contributed by atoms with Gasteiger partial charge in [0.05, 0.1) is 5.56 Å². The monoisotopic (exact) mass is 250 g/mol. The molecule has 1 fully saturated rings. The minimum Gasteiger partial charge on any atom is -0.478 e. The zero-order chi connectivity index (χ0) is 13.1. The fourth-order valence-corrected chi connectivity index (χ4v) is 2.30. The van der Waals surface area contributed by atoms with Gasteiger partial charge in [0.1, 0.15) is 5.82 Å². The molecule has 2 rings (SSSR count). The van der Waals surface area contributed by atoms with Crippen LogP contribution in [0.4, 0.5) is 5.82 Å². The van der Waals surface area contributed by atoms with Crippen LogP contribution in [0.15, 0.2) is 12.3 Å². The van der Waals surface area contributed by atoms with Crippen LogP contribution >= 0.6 is 0 Å². The lowest BCUT2D eigenvalue weighted by atomic mass is 10.1.